The SMILES string of the molecule is CNCCc1cccc2cc(C)ccc12. The lowest BCUT2D eigenvalue weighted by molar-refractivity contribution is 0.795. The van der Waals surface area contributed by atoms with Gasteiger partial charge in [0.2, 0.25) is 0 Å². The summed E-state index contributed by atoms with van der Waals surface area (Å²) in [4.78, 5) is 0. The summed E-state index contributed by atoms with van der Waals surface area (Å²) in [5.74, 6) is 0. The van der Waals surface area contributed by atoms with Crippen LogP contribution in [0, 0.1) is 6.92 Å². The molecule has 1 heteroatoms. The molecule has 0 aromatic heterocycles. The molecule has 0 spiro atoms. The third-order valence-corrected chi connectivity index (χ3v) is 2.77. The lowest BCUT2D eigenvalue weighted by Crippen LogP contribution is -2.10. The molecule has 1 N–H and O–H groups in total. The number of hydrogen-bond donors (Lipinski definition) is 1. The van der Waals surface area contributed by atoms with Crippen LogP contribution in [0.3, 0.4) is 0 Å². The zero-order valence-electron chi connectivity index (χ0n) is 9.38. The van der Waals surface area contributed by atoms with Crippen molar-refractivity contribution < 1.29 is 0 Å². The fraction of sp³-hybridized carbons (Fsp3) is 0.286. The van der Waals surface area contributed by atoms with Gasteiger partial charge < -0.3 is 5.32 Å². The molecule has 0 saturated heterocycles. The van der Waals surface area contributed by atoms with Crippen LogP contribution >= 0.6 is 0 Å². The molecule has 78 valence electrons. The Morgan fingerprint density at radius 3 is 2.80 bits per heavy atom. The van der Waals surface area contributed by atoms with Gasteiger partial charge in [-0.2, -0.15) is 0 Å². The smallest absolute Gasteiger partial charge is 0.00111 e. The molecule has 0 saturated carbocycles. The maximum Gasteiger partial charge on any atom is -0.00111 e. The van der Waals surface area contributed by atoms with Crippen LogP contribution in [-0.4, -0.2) is 13.6 Å². The van der Waals surface area contributed by atoms with Gasteiger partial charge in [0, 0.05) is 0 Å². The second-order valence-electron chi connectivity index (χ2n) is 4.00. The van der Waals surface area contributed by atoms with Crippen molar-refractivity contribution in [2.75, 3.05) is 13.6 Å². The van der Waals surface area contributed by atoms with Gasteiger partial charge in [-0.3, -0.25) is 0 Å². The van der Waals surface area contributed by atoms with Crippen molar-refractivity contribution >= 4 is 10.8 Å². The molecule has 0 atom stereocenters. The molecule has 15 heavy (non-hydrogen) atoms. The predicted molar refractivity (Wildman–Crippen MR) is 66.3 cm³/mol. The van der Waals surface area contributed by atoms with Crippen LogP contribution in [0.1, 0.15) is 11.1 Å². The van der Waals surface area contributed by atoms with Gasteiger partial charge in [0.25, 0.3) is 0 Å². The zero-order valence-corrected chi connectivity index (χ0v) is 9.38. The van der Waals surface area contributed by atoms with Crippen LogP contribution < -0.4 is 5.32 Å². The van der Waals surface area contributed by atoms with Gasteiger partial charge in [0.15, 0.2) is 0 Å². The highest BCUT2D eigenvalue weighted by Gasteiger charge is 1.99. The van der Waals surface area contributed by atoms with Gasteiger partial charge in [-0.05, 0) is 43.3 Å². The average Bonchev–Trinajstić information content (AvgIpc) is 2.25. The lowest BCUT2D eigenvalue weighted by atomic mass is 10.0. The summed E-state index contributed by atoms with van der Waals surface area (Å²) < 4.78 is 0. The van der Waals surface area contributed by atoms with E-state index in [0.29, 0.717) is 0 Å². The number of aryl methyl sites for hydroxylation is 1. The first-order chi connectivity index (χ1) is 7.31. The van der Waals surface area contributed by atoms with Crippen LogP contribution in [0.15, 0.2) is 36.4 Å². The van der Waals surface area contributed by atoms with Crippen molar-refractivity contribution in [3.8, 4) is 0 Å². The van der Waals surface area contributed by atoms with Gasteiger partial charge >= 0.3 is 0 Å². The number of likely N-dealkylation sites (N-methyl/N-ethyl adjacent to an activating group) is 1. The van der Waals surface area contributed by atoms with Crippen molar-refractivity contribution in [2.45, 2.75) is 13.3 Å². The number of benzene rings is 2. The van der Waals surface area contributed by atoms with Crippen LogP contribution in [0.25, 0.3) is 10.8 Å². The highest BCUT2D eigenvalue weighted by Crippen LogP contribution is 2.20. The van der Waals surface area contributed by atoms with Gasteiger partial charge in [0.05, 0.1) is 0 Å². The quantitative estimate of drug-likeness (QED) is 0.801. The van der Waals surface area contributed by atoms with E-state index in [1.165, 1.54) is 21.9 Å². The first-order valence-electron chi connectivity index (χ1n) is 5.44. The maximum absolute atomic E-state index is 3.19. The largest absolute Gasteiger partial charge is 0.319 e. The van der Waals surface area contributed by atoms with E-state index in [1.807, 2.05) is 7.05 Å². The molecular formula is C14H17N. The third kappa shape index (κ3) is 2.18. The number of fused-ring (bicyclic) bond motifs is 1. The van der Waals surface area contributed by atoms with Crippen molar-refractivity contribution in [3.05, 3.63) is 47.5 Å². The number of hydrogen-bond acceptors (Lipinski definition) is 1. The molecule has 0 fully saturated rings. The molecule has 0 aliphatic carbocycles. The molecular weight excluding hydrogens is 182 g/mol. The van der Waals surface area contributed by atoms with Crippen LogP contribution in [0.4, 0.5) is 0 Å². The number of rotatable bonds is 3. The van der Waals surface area contributed by atoms with E-state index >= 15 is 0 Å². The zero-order chi connectivity index (χ0) is 10.7. The van der Waals surface area contributed by atoms with Crippen LogP contribution in [0.2, 0.25) is 0 Å². The van der Waals surface area contributed by atoms with Gasteiger partial charge in [0.1, 0.15) is 0 Å². The second kappa shape index (κ2) is 4.45. The van der Waals surface area contributed by atoms with Crippen molar-refractivity contribution in [3.63, 3.8) is 0 Å². The van der Waals surface area contributed by atoms with E-state index in [-0.39, 0.29) is 0 Å². The van der Waals surface area contributed by atoms with Crippen molar-refractivity contribution in [1.82, 2.24) is 5.32 Å². The molecule has 0 radical (unpaired) electrons. The highest BCUT2D eigenvalue weighted by atomic mass is 14.8. The molecule has 2 aromatic carbocycles. The fourth-order valence-corrected chi connectivity index (χ4v) is 1.95. The molecule has 0 amide bonds. The van der Waals surface area contributed by atoms with Gasteiger partial charge in [-0.15, -0.1) is 0 Å². The monoisotopic (exact) mass is 199 g/mol. The third-order valence-electron chi connectivity index (χ3n) is 2.77. The van der Waals surface area contributed by atoms with E-state index in [2.05, 4.69) is 48.6 Å². The normalized spacial score (nSPS) is 10.8. The van der Waals surface area contributed by atoms with E-state index in [9.17, 15) is 0 Å². The van der Waals surface area contributed by atoms with Gasteiger partial charge in [-0.1, -0.05) is 42.0 Å². The summed E-state index contributed by atoms with van der Waals surface area (Å²) in [7, 11) is 2.00. The van der Waals surface area contributed by atoms with Crippen LogP contribution in [-0.2, 0) is 6.42 Å². The Kier molecular flexibility index (Phi) is 3.02. The van der Waals surface area contributed by atoms with E-state index in [4.69, 9.17) is 0 Å². The molecule has 0 heterocycles. The molecule has 0 bridgehead atoms. The van der Waals surface area contributed by atoms with Crippen LogP contribution in [0.5, 0.6) is 0 Å². The molecule has 2 aromatic rings. The molecule has 0 aliphatic heterocycles. The Labute approximate surface area is 91.1 Å². The number of nitrogens with one attached hydrogen (secondary N) is 1. The summed E-state index contributed by atoms with van der Waals surface area (Å²) in [6.45, 7) is 3.17. The second-order valence-corrected chi connectivity index (χ2v) is 4.00. The summed E-state index contributed by atoms with van der Waals surface area (Å²) in [5.41, 5.74) is 2.76. The first-order valence-corrected chi connectivity index (χ1v) is 5.44. The topological polar surface area (TPSA) is 12.0 Å². The highest BCUT2D eigenvalue weighted by molar-refractivity contribution is 5.86. The Morgan fingerprint density at radius 1 is 1.13 bits per heavy atom. The predicted octanol–water partition coefficient (Wildman–Crippen LogP) is 2.91. The van der Waals surface area contributed by atoms with Crippen molar-refractivity contribution in [2.24, 2.45) is 0 Å². The summed E-state index contributed by atoms with van der Waals surface area (Å²) >= 11 is 0. The molecule has 0 unspecified atom stereocenters. The molecule has 2 rings (SSSR count). The summed E-state index contributed by atoms with van der Waals surface area (Å²) in [6.07, 6.45) is 1.09. The van der Waals surface area contributed by atoms with E-state index in [1.54, 1.807) is 0 Å². The van der Waals surface area contributed by atoms with Gasteiger partial charge in [-0.25, -0.2) is 0 Å². The Hall–Kier alpha value is -1.34. The Morgan fingerprint density at radius 2 is 2.00 bits per heavy atom. The molecule has 1 nitrogen and oxygen atoms in total. The first kappa shape index (κ1) is 10.2. The average molecular weight is 199 g/mol. The summed E-state index contributed by atoms with van der Waals surface area (Å²) in [5, 5.41) is 5.93. The minimum atomic E-state index is 1.03. The standard InChI is InChI=1S/C14H17N/c1-11-6-7-14-12(8-9-15-2)4-3-5-13(14)10-11/h3-7,10,15H,8-9H2,1-2H3. The Bertz CT molecular complexity index is 460. The van der Waals surface area contributed by atoms with Crippen molar-refractivity contribution in [1.29, 1.82) is 0 Å². The fourth-order valence-electron chi connectivity index (χ4n) is 1.95. The lowest BCUT2D eigenvalue weighted by Gasteiger charge is -2.06. The summed E-state index contributed by atoms with van der Waals surface area (Å²) in [6, 6.07) is 13.2. The Balaban J connectivity index is 2.46. The minimum absolute atomic E-state index is 1.03. The molecule has 0 aliphatic rings. The maximum atomic E-state index is 3.19. The minimum Gasteiger partial charge on any atom is -0.319 e. The van der Waals surface area contributed by atoms with E-state index < -0.39 is 0 Å². The van der Waals surface area contributed by atoms with E-state index in [0.717, 1.165) is 13.0 Å².